The zero-order valence-electron chi connectivity index (χ0n) is 21.2. The molecule has 3 heterocycles. The van der Waals surface area contributed by atoms with E-state index in [4.69, 9.17) is 0 Å². The molecule has 5 aromatic rings. The number of fused-ring (bicyclic) bond motifs is 2. The fraction of sp³-hybridized carbons (Fsp3) is 0.333. The molecular weight excluding hydrogens is 394 g/mol. The van der Waals surface area contributed by atoms with Gasteiger partial charge in [0.2, 0.25) is 0 Å². The molecule has 32 heavy (non-hydrogen) atoms. The second kappa shape index (κ2) is 17.4. The summed E-state index contributed by atoms with van der Waals surface area (Å²) in [6, 6.07) is 16.5. The number of hydrogen-bond donors (Lipinski definition) is 3. The van der Waals surface area contributed by atoms with Crippen LogP contribution in [0.4, 0.5) is 0 Å². The van der Waals surface area contributed by atoms with E-state index in [2.05, 4.69) is 75.4 Å². The maximum absolute atomic E-state index is 4.10. The van der Waals surface area contributed by atoms with Crippen LogP contribution in [0.2, 0.25) is 0 Å². The lowest BCUT2D eigenvalue weighted by atomic mass is 10.2. The van der Waals surface area contributed by atoms with E-state index in [1.54, 1.807) is 12.5 Å². The number of benzene rings is 2. The number of aromatic nitrogens is 5. The molecule has 174 valence electrons. The zero-order chi connectivity index (χ0) is 24.4. The number of aromatic amines is 3. The van der Waals surface area contributed by atoms with Crippen LogP contribution in [0.3, 0.4) is 0 Å². The van der Waals surface area contributed by atoms with E-state index < -0.39 is 0 Å². The minimum Gasteiger partial charge on any atom is -0.361 e. The summed E-state index contributed by atoms with van der Waals surface area (Å²) < 4.78 is 0. The quantitative estimate of drug-likeness (QED) is 0.229. The lowest BCUT2D eigenvalue weighted by Gasteiger charge is -1.92. The van der Waals surface area contributed by atoms with Gasteiger partial charge in [-0.25, -0.2) is 4.98 Å². The second-order valence-electron chi connectivity index (χ2n) is 6.18. The fourth-order valence-corrected chi connectivity index (χ4v) is 2.62. The van der Waals surface area contributed by atoms with E-state index in [0.717, 1.165) is 16.7 Å². The van der Waals surface area contributed by atoms with Gasteiger partial charge in [-0.05, 0) is 61.5 Å². The van der Waals surface area contributed by atoms with Crippen molar-refractivity contribution in [2.75, 3.05) is 0 Å². The van der Waals surface area contributed by atoms with Crippen molar-refractivity contribution in [1.82, 2.24) is 25.1 Å². The number of nitrogens with zero attached hydrogens (tertiary/aromatic N) is 2. The number of rotatable bonds is 0. The van der Waals surface area contributed by atoms with Gasteiger partial charge in [-0.2, -0.15) is 5.10 Å². The Labute approximate surface area is 193 Å². The van der Waals surface area contributed by atoms with Gasteiger partial charge in [0.25, 0.3) is 0 Å². The van der Waals surface area contributed by atoms with Crippen LogP contribution in [0.15, 0.2) is 67.3 Å². The van der Waals surface area contributed by atoms with Gasteiger partial charge >= 0.3 is 0 Å². The first-order valence-electron chi connectivity index (χ1n) is 11.5. The summed E-state index contributed by atoms with van der Waals surface area (Å²) in [6.45, 7) is 18.1. The molecule has 0 radical (unpaired) electrons. The number of hydrogen-bond acceptors (Lipinski definition) is 2. The summed E-state index contributed by atoms with van der Waals surface area (Å²) in [7, 11) is 0. The molecule has 5 nitrogen and oxygen atoms in total. The van der Waals surface area contributed by atoms with Crippen LogP contribution in [-0.2, 0) is 0 Å². The summed E-state index contributed by atoms with van der Waals surface area (Å²) in [5.41, 5.74) is 7.07. The molecule has 0 bridgehead atoms. The highest BCUT2D eigenvalue weighted by molar-refractivity contribution is 5.82. The van der Waals surface area contributed by atoms with Crippen molar-refractivity contribution in [3.63, 3.8) is 0 Å². The number of nitrogens with one attached hydrogen (secondary N) is 3. The third kappa shape index (κ3) is 9.65. The average molecular weight is 436 g/mol. The fourth-order valence-electron chi connectivity index (χ4n) is 2.62. The Morgan fingerprint density at radius 3 is 2.03 bits per heavy atom. The molecule has 5 heteroatoms. The van der Waals surface area contributed by atoms with Crippen LogP contribution < -0.4 is 0 Å². The number of imidazole rings is 1. The lowest BCUT2D eigenvalue weighted by molar-refractivity contribution is 1.05. The average Bonchev–Trinajstić information content (AvgIpc) is 3.61. The standard InChI is InChI=1S/C9H9N.C8H8N2.C4H6N2.3C2H6/c1-7-3-2-4-8-5-6-10-9(7)8;1-6-2-3-7-8(4-6)10-5-9-7;1-4-2-3-5-6-4;3*1-2/h2-6,10H,1H3;2-5H,1H3,(H,9,10);2-3H,1H3,(H,5,6);3*1-2H3. The normalized spacial score (nSPS) is 8.78. The van der Waals surface area contributed by atoms with Gasteiger partial charge in [-0.1, -0.05) is 65.8 Å². The molecule has 3 N–H and O–H groups in total. The molecule has 0 aliphatic rings. The van der Waals surface area contributed by atoms with Crippen molar-refractivity contribution >= 4 is 21.9 Å². The van der Waals surface area contributed by atoms with Gasteiger partial charge in [0.15, 0.2) is 0 Å². The minimum absolute atomic E-state index is 1.03. The maximum Gasteiger partial charge on any atom is 0.0931 e. The molecule has 0 fully saturated rings. The van der Waals surface area contributed by atoms with E-state index >= 15 is 0 Å². The van der Waals surface area contributed by atoms with Gasteiger partial charge in [0, 0.05) is 23.6 Å². The predicted molar refractivity (Wildman–Crippen MR) is 141 cm³/mol. The molecule has 3 aromatic heterocycles. The first-order valence-corrected chi connectivity index (χ1v) is 11.5. The van der Waals surface area contributed by atoms with Gasteiger partial charge < -0.3 is 9.97 Å². The first-order chi connectivity index (χ1) is 15.6. The van der Waals surface area contributed by atoms with Crippen molar-refractivity contribution in [3.8, 4) is 0 Å². The summed E-state index contributed by atoms with van der Waals surface area (Å²) >= 11 is 0. The third-order valence-corrected chi connectivity index (χ3v) is 4.01. The molecule has 0 aliphatic carbocycles. The summed E-state index contributed by atoms with van der Waals surface area (Å²) in [6.07, 6.45) is 5.41. The molecule has 0 amide bonds. The summed E-state index contributed by atoms with van der Waals surface area (Å²) in [5, 5.41) is 7.74. The SMILES string of the molecule is CC.CC.CC.Cc1ccc2nc[nH]c2c1.Cc1cccc2cc[nH]c12.Cc1ccn[nH]1. The van der Waals surface area contributed by atoms with Crippen LogP contribution in [0.1, 0.15) is 58.4 Å². The molecule has 0 atom stereocenters. The van der Waals surface area contributed by atoms with Crippen LogP contribution >= 0.6 is 0 Å². The molecule has 5 rings (SSSR count). The van der Waals surface area contributed by atoms with E-state index in [1.807, 2.05) is 66.8 Å². The van der Waals surface area contributed by atoms with Crippen LogP contribution in [-0.4, -0.2) is 25.1 Å². The lowest BCUT2D eigenvalue weighted by Crippen LogP contribution is -1.72. The van der Waals surface area contributed by atoms with Crippen molar-refractivity contribution < 1.29 is 0 Å². The largest absolute Gasteiger partial charge is 0.361 e. The number of para-hydroxylation sites is 1. The number of aryl methyl sites for hydroxylation is 3. The summed E-state index contributed by atoms with van der Waals surface area (Å²) in [4.78, 5) is 10.3. The monoisotopic (exact) mass is 435 g/mol. The molecule has 0 saturated carbocycles. The Bertz CT molecular complexity index is 1070. The molecule has 2 aromatic carbocycles. The second-order valence-corrected chi connectivity index (χ2v) is 6.18. The van der Waals surface area contributed by atoms with Gasteiger partial charge in [-0.3, -0.25) is 5.10 Å². The van der Waals surface area contributed by atoms with Crippen molar-refractivity contribution in [3.05, 3.63) is 84.1 Å². The maximum atomic E-state index is 4.10. The zero-order valence-corrected chi connectivity index (χ0v) is 21.2. The van der Waals surface area contributed by atoms with Gasteiger partial charge in [0.1, 0.15) is 0 Å². The summed E-state index contributed by atoms with van der Waals surface area (Å²) in [5.74, 6) is 0. The minimum atomic E-state index is 1.03. The Balaban J connectivity index is 0.000000413. The molecule has 0 unspecified atom stereocenters. The smallest absolute Gasteiger partial charge is 0.0931 e. The van der Waals surface area contributed by atoms with E-state index in [-0.39, 0.29) is 0 Å². The van der Waals surface area contributed by atoms with E-state index in [1.165, 1.54) is 22.0 Å². The first kappa shape index (κ1) is 28.7. The Hall–Kier alpha value is -3.34. The van der Waals surface area contributed by atoms with Crippen molar-refractivity contribution in [2.24, 2.45) is 0 Å². The predicted octanol–water partition coefficient (Wildman–Crippen LogP) is 8.14. The molecular formula is C27H41N5. The number of H-pyrrole nitrogens is 3. The Kier molecular flexibility index (Phi) is 15.5. The highest BCUT2D eigenvalue weighted by Gasteiger charge is 1.94. The molecule has 0 spiro atoms. The highest BCUT2D eigenvalue weighted by atomic mass is 15.1. The van der Waals surface area contributed by atoms with Crippen LogP contribution in [0.5, 0.6) is 0 Å². The van der Waals surface area contributed by atoms with Gasteiger partial charge in [0.05, 0.1) is 17.4 Å². The third-order valence-electron chi connectivity index (χ3n) is 4.01. The van der Waals surface area contributed by atoms with Crippen molar-refractivity contribution in [1.29, 1.82) is 0 Å². The Morgan fingerprint density at radius 1 is 0.750 bits per heavy atom. The molecule has 0 saturated heterocycles. The van der Waals surface area contributed by atoms with E-state index in [0.29, 0.717) is 0 Å². The van der Waals surface area contributed by atoms with Crippen molar-refractivity contribution in [2.45, 2.75) is 62.3 Å². The van der Waals surface area contributed by atoms with Crippen LogP contribution in [0.25, 0.3) is 21.9 Å². The Morgan fingerprint density at radius 2 is 1.47 bits per heavy atom. The topological polar surface area (TPSA) is 73.2 Å². The van der Waals surface area contributed by atoms with Crippen LogP contribution in [0, 0.1) is 20.8 Å². The highest BCUT2D eigenvalue weighted by Crippen LogP contribution is 2.14. The molecule has 0 aliphatic heterocycles. The van der Waals surface area contributed by atoms with E-state index in [9.17, 15) is 0 Å². The van der Waals surface area contributed by atoms with Gasteiger partial charge in [-0.15, -0.1) is 0 Å².